The van der Waals surface area contributed by atoms with Crippen LogP contribution in [-0.4, -0.2) is 20.2 Å². The van der Waals surface area contributed by atoms with Crippen molar-refractivity contribution in [3.8, 4) is 22.6 Å². The molecule has 4 nitrogen and oxygen atoms in total. The highest BCUT2D eigenvalue weighted by atomic mass is 19.1. The van der Waals surface area contributed by atoms with Crippen molar-refractivity contribution in [2.24, 2.45) is 5.41 Å². The number of rotatable bonds is 6. The van der Waals surface area contributed by atoms with Gasteiger partial charge in [0.25, 0.3) is 0 Å². The molecule has 200 valence electrons. The topological polar surface area (TPSA) is 44.8 Å². The standard InChI is InChI=1S/C30H31FO2.C3H6O2/c1-30(2)15-5-8-28(30)26-16-20(19-33-24-11-10-21-6-4-7-22(21)17-24)9-13-25(26)27-18-23(32-3)12-14-29(27)31;1-3(4)5-2/h8-14,16-18H,4-7,15,19H2,1-3H3;1-2H3. The van der Waals surface area contributed by atoms with E-state index in [1.165, 1.54) is 49.6 Å². The quantitative estimate of drug-likeness (QED) is 0.312. The van der Waals surface area contributed by atoms with Crippen LogP contribution in [-0.2, 0) is 29.0 Å². The lowest BCUT2D eigenvalue weighted by Crippen LogP contribution is -2.10. The van der Waals surface area contributed by atoms with Crippen LogP contribution in [0.15, 0.2) is 60.7 Å². The van der Waals surface area contributed by atoms with Gasteiger partial charge in [-0.3, -0.25) is 4.79 Å². The number of allylic oxidation sites excluding steroid dienone is 2. The van der Waals surface area contributed by atoms with Gasteiger partial charge in [-0.05, 0) is 107 Å². The van der Waals surface area contributed by atoms with E-state index in [0.29, 0.717) is 17.9 Å². The molecule has 5 rings (SSSR count). The zero-order chi connectivity index (χ0) is 27.3. The molecule has 0 saturated carbocycles. The molecule has 0 saturated heterocycles. The third kappa shape index (κ3) is 6.27. The molecule has 0 aromatic heterocycles. The lowest BCUT2D eigenvalue weighted by molar-refractivity contribution is -0.137. The van der Waals surface area contributed by atoms with E-state index in [1.807, 2.05) is 12.1 Å². The fourth-order valence-corrected chi connectivity index (χ4v) is 5.24. The first-order valence-corrected chi connectivity index (χ1v) is 13.2. The summed E-state index contributed by atoms with van der Waals surface area (Å²) in [5, 5.41) is 0. The molecule has 0 spiro atoms. The van der Waals surface area contributed by atoms with E-state index in [1.54, 1.807) is 19.2 Å². The number of hydrogen-bond donors (Lipinski definition) is 0. The van der Waals surface area contributed by atoms with Gasteiger partial charge in [0.2, 0.25) is 0 Å². The third-order valence-corrected chi connectivity index (χ3v) is 7.45. The molecule has 3 aromatic rings. The lowest BCUT2D eigenvalue weighted by Gasteiger charge is -2.25. The lowest BCUT2D eigenvalue weighted by atomic mass is 9.79. The van der Waals surface area contributed by atoms with Crippen LogP contribution in [0.1, 0.15) is 62.3 Å². The van der Waals surface area contributed by atoms with Gasteiger partial charge in [-0.2, -0.15) is 0 Å². The van der Waals surface area contributed by atoms with Crippen molar-refractivity contribution in [2.75, 3.05) is 14.2 Å². The zero-order valence-electron chi connectivity index (χ0n) is 23.0. The van der Waals surface area contributed by atoms with Gasteiger partial charge in [0, 0.05) is 12.5 Å². The Bertz CT molecular complexity index is 1340. The van der Waals surface area contributed by atoms with E-state index in [-0.39, 0.29) is 17.2 Å². The zero-order valence-corrected chi connectivity index (χ0v) is 23.0. The maximum atomic E-state index is 14.9. The summed E-state index contributed by atoms with van der Waals surface area (Å²) in [4.78, 5) is 9.59. The largest absolute Gasteiger partial charge is 0.497 e. The summed E-state index contributed by atoms with van der Waals surface area (Å²) >= 11 is 0. The van der Waals surface area contributed by atoms with Crippen LogP contribution >= 0.6 is 0 Å². The number of carbonyl (C=O) groups excluding carboxylic acids is 1. The molecule has 0 bridgehead atoms. The van der Waals surface area contributed by atoms with Crippen LogP contribution in [0.5, 0.6) is 11.5 Å². The number of aryl methyl sites for hydroxylation is 2. The second-order valence-electron chi connectivity index (χ2n) is 10.5. The summed E-state index contributed by atoms with van der Waals surface area (Å²) in [7, 11) is 2.96. The van der Waals surface area contributed by atoms with Gasteiger partial charge < -0.3 is 14.2 Å². The summed E-state index contributed by atoms with van der Waals surface area (Å²) < 4.78 is 30.6. The van der Waals surface area contributed by atoms with E-state index in [4.69, 9.17) is 9.47 Å². The first kappa shape index (κ1) is 27.4. The highest BCUT2D eigenvalue weighted by Crippen LogP contribution is 2.47. The summed E-state index contributed by atoms with van der Waals surface area (Å²) in [5.74, 6) is 1.09. The van der Waals surface area contributed by atoms with Crippen LogP contribution in [0.2, 0.25) is 0 Å². The molecule has 0 heterocycles. The highest BCUT2D eigenvalue weighted by molar-refractivity contribution is 5.85. The van der Waals surface area contributed by atoms with Crippen LogP contribution in [0, 0.1) is 11.2 Å². The molecule has 0 N–H and O–H groups in total. The molecule has 5 heteroatoms. The Labute approximate surface area is 225 Å². The van der Waals surface area contributed by atoms with Gasteiger partial charge in [-0.1, -0.05) is 38.1 Å². The molecular formula is C33H37FO4. The van der Waals surface area contributed by atoms with Gasteiger partial charge >= 0.3 is 5.97 Å². The molecule has 0 radical (unpaired) electrons. The summed E-state index contributed by atoms with van der Waals surface area (Å²) in [5.41, 5.74) is 7.82. The minimum absolute atomic E-state index is 0.0452. The van der Waals surface area contributed by atoms with Gasteiger partial charge in [-0.15, -0.1) is 0 Å². The number of ether oxygens (including phenoxy) is 3. The summed E-state index contributed by atoms with van der Waals surface area (Å²) in [6.45, 7) is 6.39. The summed E-state index contributed by atoms with van der Waals surface area (Å²) in [6, 6.07) is 17.7. The molecule has 0 fully saturated rings. The van der Waals surface area contributed by atoms with Crippen molar-refractivity contribution in [3.63, 3.8) is 0 Å². The Hall–Kier alpha value is -3.60. The van der Waals surface area contributed by atoms with Crippen molar-refractivity contribution in [2.45, 2.75) is 59.5 Å². The molecule has 2 aliphatic rings. The monoisotopic (exact) mass is 516 g/mol. The van der Waals surface area contributed by atoms with Crippen LogP contribution in [0.3, 0.4) is 0 Å². The Morgan fingerprint density at radius 3 is 2.32 bits per heavy atom. The number of hydrogen-bond acceptors (Lipinski definition) is 4. The number of benzene rings is 3. The SMILES string of the molecule is COC(C)=O.COc1ccc(F)c(-c2ccc(COc3ccc4c(c3)CCC4)cc2C2=CCCC2(C)C)c1. The Morgan fingerprint density at radius 1 is 0.895 bits per heavy atom. The predicted molar refractivity (Wildman–Crippen MR) is 150 cm³/mol. The molecular weight excluding hydrogens is 479 g/mol. The molecule has 0 unspecified atom stereocenters. The van der Waals surface area contributed by atoms with Crippen LogP contribution in [0.25, 0.3) is 16.7 Å². The normalized spacial score (nSPS) is 15.2. The van der Waals surface area contributed by atoms with Crippen molar-refractivity contribution in [1.29, 1.82) is 0 Å². The summed E-state index contributed by atoms with van der Waals surface area (Å²) in [6.07, 6.45) is 7.99. The van der Waals surface area contributed by atoms with Crippen molar-refractivity contribution in [1.82, 2.24) is 0 Å². The number of methoxy groups -OCH3 is 2. The first-order valence-electron chi connectivity index (χ1n) is 13.2. The van der Waals surface area contributed by atoms with E-state index in [0.717, 1.165) is 41.7 Å². The van der Waals surface area contributed by atoms with E-state index in [9.17, 15) is 9.18 Å². The molecule has 0 aliphatic heterocycles. The van der Waals surface area contributed by atoms with Crippen molar-refractivity contribution < 1.29 is 23.4 Å². The van der Waals surface area contributed by atoms with Gasteiger partial charge in [0.15, 0.2) is 0 Å². The fraction of sp³-hybridized carbons (Fsp3) is 0.364. The highest BCUT2D eigenvalue weighted by Gasteiger charge is 2.30. The smallest absolute Gasteiger partial charge is 0.302 e. The van der Waals surface area contributed by atoms with Gasteiger partial charge in [0.1, 0.15) is 23.9 Å². The van der Waals surface area contributed by atoms with Gasteiger partial charge in [-0.25, -0.2) is 4.39 Å². The Morgan fingerprint density at radius 2 is 1.63 bits per heavy atom. The van der Waals surface area contributed by atoms with Crippen molar-refractivity contribution in [3.05, 3.63) is 88.7 Å². The third-order valence-electron chi connectivity index (χ3n) is 7.45. The predicted octanol–water partition coefficient (Wildman–Crippen LogP) is 7.95. The van der Waals surface area contributed by atoms with Crippen molar-refractivity contribution >= 4 is 11.5 Å². The molecule has 38 heavy (non-hydrogen) atoms. The number of fused-ring (bicyclic) bond motifs is 1. The number of esters is 1. The Balaban J connectivity index is 0.000000617. The Kier molecular flexibility index (Phi) is 8.55. The first-order chi connectivity index (χ1) is 18.2. The van der Waals surface area contributed by atoms with E-state index >= 15 is 0 Å². The van der Waals surface area contributed by atoms with E-state index < -0.39 is 0 Å². The van der Waals surface area contributed by atoms with Gasteiger partial charge in [0.05, 0.1) is 14.2 Å². The number of carbonyl (C=O) groups is 1. The average Bonchev–Trinajstić information content (AvgIpc) is 3.53. The number of halogens is 1. The maximum absolute atomic E-state index is 14.9. The second-order valence-corrected chi connectivity index (χ2v) is 10.5. The average molecular weight is 517 g/mol. The second kappa shape index (κ2) is 11.8. The minimum atomic E-state index is -0.245. The van der Waals surface area contributed by atoms with Crippen LogP contribution < -0.4 is 9.47 Å². The molecule has 0 atom stereocenters. The van der Waals surface area contributed by atoms with E-state index in [2.05, 4.69) is 48.9 Å². The molecule has 3 aromatic carbocycles. The van der Waals surface area contributed by atoms with Crippen LogP contribution in [0.4, 0.5) is 4.39 Å². The maximum Gasteiger partial charge on any atom is 0.302 e. The minimum Gasteiger partial charge on any atom is -0.497 e. The fourth-order valence-electron chi connectivity index (χ4n) is 5.24. The molecule has 0 amide bonds. The molecule has 2 aliphatic carbocycles.